The Morgan fingerprint density at radius 3 is 2.80 bits per heavy atom. The average molecular weight is 436 g/mol. The number of amides is 2. The molecule has 10 nitrogen and oxygen atoms in total. The van der Waals surface area contributed by atoms with E-state index in [0.717, 1.165) is 18.2 Å². The number of rotatable bonds is 7. The van der Waals surface area contributed by atoms with Gasteiger partial charge in [0.05, 0.1) is 5.92 Å². The average Bonchev–Trinajstić information content (AvgIpc) is 3.29. The molecule has 2 N–H and O–H groups in total. The molecule has 11 heteroatoms. The van der Waals surface area contributed by atoms with Crippen LogP contribution in [0.15, 0.2) is 18.3 Å². The number of aromatic nitrogens is 3. The highest BCUT2D eigenvalue weighted by molar-refractivity contribution is 7.15. The number of carbonyl (C=O) groups is 3. The summed E-state index contributed by atoms with van der Waals surface area (Å²) >= 11 is 1.31. The zero-order valence-electron chi connectivity index (χ0n) is 17.1. The molecule has 3 heterocycles. The third-order valence-electron chi connectivity index (χ3n) is 4.23. The summed E-state index contributed by atoms with van der Waals surface area (Å²) in [5, 5.41) is 19.6. The van der Waals surface area contributed by atoms with Crippen LogP contribution >= 0.6 is 11.3 Å². The van der Waals surface area contributed by atoms with Gasteiger partial charge in [0.2, 0.25) is 16.9 Å². The van der Waals surface area contributed by atoms with Gasteiger partial charge in [-0.05, 0) is 18.6 Å². The molecule has 1 aliphatic heterocycles. The summed E-state index contributed by atoms with van der Waals surface area (Å²) in [5.41, 5.74) is 2.07. The Bertz CT molecular complexity index is 884. The largest absolute Gasteiger partial charge is 0.481 e. The van der Waals surface area contributed by atoms with Crippen LogP contribution in [0.1, 0.15) is 29.6 Å². The fourth-order valence-corrected chi connectivity index (χ4v) is 3.67. The number of carboxylic acid groups (broad SMARTS) is 1. The molecule has 2 aromatic rings. The quantitative estimate of drug-likeness (QED) is 0.662. The predicted octanol–water partition coefficient (Wildman–Crippen LogP) is 1.19. The number of aliphatic carboxylic acids is 1. The van der Waals surface area contributed by atoms with Gasteiger partial charge in [-0.15, -0.1) is 10.2 Å². The van der Waals surface area contributed by atoms with Crippen LogP contribution in [-0.4, -0.2) is 58.3 Å². The molecule has 1 saturated heterocycles. The molecule has 1 unspecified atom stereocenters. The third-order valence-corrected chi connectivity index (χ3v) is 5.15. The maximum atomic E-state index is 12.4. The molecule has 1 aliphatic rings. The van der Waals surface area contributed by atoms with Crippen molar-refractivity contribution in [1.29, 1.82) is 0 Å². The number of hydrogen-bond donors (Lipinski definition) is 2. The van der Waals surface area contributed by atoms with E-state index >= 15 is 0 Å². The number of aryl methyl sites for hydroxylation is 1. The number of nitrogens with zero attached hydrogens (tertiary/aromatic N) is 4. The van der Waals surface area contributed by atoms with Gasteiger partial charge >= 0.3 is 0 Å². The highest BCUT2D eigenvalue weighted by atomic mass is 32.1. The van der Waals surface area contributed by atoms with Crippen LogP contribution in [0.2, 0.25) is 0 Å². The highest BCUT2D eigenvalue weighted by Gasteiger charge is 2.36. The number of carbonyl (C=O) groups excluding carboxylic acids is 2. The number of pyridine rings is 1. The molecule has 3 rings (SSSR count). The molecule has 1 atom stereocenters. The second-order valence-electron chi connectivity index (χ2n) is 6.64. The van der Waals surface area contributed by atoms with Crippen molar-refractivity contribution in [2.24, 2.45) is 5.92 Å². The van der Waals surface area contributed by atoms with Crippen molar-refractivity contribution in [3.8, 4) is 0 Å². The van der Waals surface area contributed by atoms with Gasteiger partial charge in [0.15, 0.2) is 0 Å². The second kappa shape index (κ2) is 11.3. The molecule has 0 bridgehead atoms. The first kappa shape index (κ1) is 23.4. The molecule has 1 fully saturated rings. The number of ether oxygens (including phenoxy) is 1. The molecule has 0 spiro atoms. The molecule has 2 amide bonds. The molecule has 0 radical (unpaired) electrons. The number of nitrogens with one attached hydrogen (secondary N) is 1. The number of methoxy groups -OCH3 is 1. The Labute approximate surface area is 178 Å². The summed E-state index contributed by atoms with van der Waals surface area (Å²) in [4.78, 5) is 39.5. The van der Waals surface area contributed by atoms with Gasteiger partial charge in [-0.1, -0.05) is 17.4 Å². The van der Waals surface area contributed by atoms with Gasteiger partial charge in [-0.2, -0.15) is 0 Å². The molecule has 2 aromatic heterocycles. The predicted molar refractivity (Wildman–Crippen MR) is 110 cm³/mol. The van der Waals surface area contributed by atoms with Crippen LogP contribution < -0.4 is 10.2 Å². The Hall–Kier alpha value is -2.92. The van der Waals surface area contributed by atoms with Gasteiger partial charge in [0, 0.05) is 51.9 Å². The van der Waals surface area contributed by atoms with E-state index in [-0.39, 0.29) is 24.2 Å². The summed E-state index contributed by atoms with van der Waals surface area (Å²) in [5.74, 6) is -1.43. The lowest BCUT2D eigenvalue weighted by Gasteiger charge is -2.13. The topological polar surface area (TPSA) is 135 Å². The summed E-state index contributed by atoms with van der Waals surface area (Å²) in [6.45, 7) is 4.27. The van der Waals surface area contributed by atoms with E-state index < -0.39 is 5.97 Å². The molecule has 0 aromatic carbocycles. The second-order valence-corrected chi connectivity index (χ2v) is 7.68. The SMILES string of the molecule is CC(=O)O.COCc1nnc(N2CC(C(=O)NCCc3ncccc3C)CC2=O)s1. The summed E-state index contributed by atoms with van der Waals surface area (Å²) in [6, 6.07) is 3.89. The minimum absolute atomic E-state index is 0.106. The Balaban J connectivity index is 0.000000735. The number of hydrogen-bond acceptors (Lipinski definition) is 8. The Morgan fingerprint density at radius 1 is 1.40 bits per heavy atom. The third kappa shape index (κ3) is 6.85. The standard InChI is InChI=1S/C17H21N5O3S.C2H4O2/c1-11-4-3-6-18-13(11)5-7-19-16(24)12-8-15(23)22(9-12)17-21-20-14(26-17)10-25-2;1-2(3)4/h3-4,6,12H,5,7-10H2,1-2H3,(H,19,24);1H3,(H,3,4). The van der Waals surface area contributed by atoms with E-state index in [2.05, 4.69) is 20.5 Å². The maximum Gasteiger partial charge on any atom is 0.300 e. The first-order valence-electron chi connectivity index (χ1n) is 9.31. The summed E-state index contributed by atoms with van der Waals surface area (Å²) < 4.78 is 5.01. The van der Waals surface area contributed by atoms with Crippen molar-refractivity contribution in [1.82, 2.24) is 20.5 Å². The molecule has 30 heavy (non-hydrogen) atoms. The van der Waals surface area contributed by atoms with Crippen LogP contribution in [-0.2, 0) is 32.1 Å². The van der Waals surface area contributed by atoms with Crippen molar-refractivity contribution < 1.29 is 24.2 Å². The first-order chi connectivity index (χ1) is 14.3. The van der Waals surface area contributed by atoms with Crippen LogP contribution in [0.25, 0.3) is 0 Å². The van der Waals surface area contributed by atoms with E-state index in [1.807, 2.05) is 19.1 Å². The summed E-state index contributed by atoms with van der Waals surface area (Å²) in [7, 11) is 1.58. The van der Waals surface area contributed by atoms with Crippen molar-refractivity contribution in [2.45, 2.75) is 33.3 Å². The van der Waals surface area contributed by atoms with Gasteiger partial charge in [0.25, 0.3) is 5.97 Å². The molecule has 0 saturated carbocycles. The van der Waals surface area contributed by atoms with Crippen molar-refractivity contribution in [3.05, 3.63) is 34.6 Å². The van der Waals surface area contributed by atoms with Gasteiger partial charge < -0.3 is 15.2 Å². The first-order valence-corrected chi connectivity index (χ1v) is 10.1. The van der Waals surface area contributed by atoms with Crippen LogP contribution in [0.4, 0.5) is 5.13 Å². The van der Waals surface area contributed by atoms with Gasteiger partial charge in [-0.3, -0.25) is 24.3 Å². The monoisotopic (exact) mass is 435 g/mol. The maximum absolute atomic E-state index is 12.4. The normalized spacial score (nSPS) is 15.5. The Morgan fingerprint density at radius 2 is 2.13 bits per heavy atom. The van der Waals surface area contributed by atoms with Crippen molar-refractivity contribution in [2.75, 3.05) is 25.1 Å². The smallest absolute Gasteiger partial charge is 0.300 e. The van der Waals surface area contributed by atoms with Crippen molar-refractivity contribution >= 4 is 34.3 Å². The molecular weight excluding hydrogens is 410 g/mol. The Kier molecular flexibility index (Phi) is 8.81. The number of anilines is 1. The highest BCUT2D eigenvalue weighted by Crippen LogP contribution is 2.28. The van der Waals surface area contributed by atoms with Crippen LogP contribution in [0, 0.1) is 12.8 Å². The zero-order valence-corrected chi connectivity index (χ0v) is 17.9. The minimum Gasteiger partial charge on any atom is -0.481 e. The van der Waals surface area contributed by atoms with Crippen molar-refractivity contribution in [3.63, 3.8) is 0 Å². The lowest BCUT2D eigenvalue weighted by molar-refractivity contribution is -0.134. The lowest BCUT2D eigenvalue weighted by atomic mass is 10.1. The van der Waals surface area contributed by atoms with Gasteiger partial charge in [-0.25, -0.2) is 0 Å². The van der Waals surface area contributed by atoms with E-state index in [1.165, 1.54) is 16.2 Å². The minimum atomic E-state index is -0.833. The number of carboxylic acids is 1. The van der Waals surface area contributed by atoms with E-state index in [0.29, 0.717) is 36.3 Å². The van der Waals surface area contributed by atoms with Crippen LogP contribution in [0.3, 0.4) is 0 Å². The van der Waals surface area contributed by atoms with E-state index in [4.69, 9.17) is 14.6 Å². The lowest BCUT2D eigenvalue weighted by Crippen LogP contribution is -2.34. The van der Waals surface area contributed by atoms with Crippen LogP contribution in [0.5, 0.6) is 0 Å². The fourth-order valence-electron chi connectivity index (χ4n) is 2.83. The zero-order chi connectivity index (χ0) is 22.1. The van der Waals surface area contributed by atoms with E-state index in [1.54, 1.807) is 13.3 Å². The molecular formula is C19H25N5O5S. The molecule has 0 aliphatic carbocycles. The van der Waals surface area contributed by atoms with E-state index in [9.17, 15) is 9.59 Å². The summed E-state index contributed by atoms with van der Waals surface area (Å²) in [6.07, 6.45) is 2.60. The fraction of sp³-hybridized carbons (Fsp3) is 0.474. The van der Waals surface area contributed by atoms with Gasteiger partial charge in [0.1, 0.15) is 11.6 Å². The molecule has 162 valence electrons.